The Hall–Kier alpha value is -1.88. The minimum atomic E-state index is -0.505. The zero-order chi connectivity index (χ0) is 51.9. The van der Waals surface area contributed by atoms with Crippen LogP contribution in [0.3, 0.4) is 0 Å². The van der Waals surface area contributed by atoms with Gasteiger partial charge in [0.05, 0.1) is 42.5 Å². The molecule has 411 valence electrons. The number of rotatable bonds is 5. The van der Waals surface area contributed by atoms with Crippen LogP contribution in [-0.4, -0.2) is 83.5 Å². The molecule has 0 spiro atoms. The third-order valence-electron chi connectivity index (χ3n) is 15.1. The third-order valence-corrected chi connectivity index (χ3v) is 17.7. The summed E-state index contributed by atoms with van der Waals surface area (Å²) in [6.07, 6.45) is 6.04. The Morgan fingerprint density at radius 3 is 1.47 bits per heavy atom. The molecule has 4 aromatic carbocycles. The monoisotopic (exact) mass is 1240 g/mol. The van der Waals surface area contributed by atoms with Crippen molar-refractivity contribution in [2.75, 3.05) is 13.2 Å². The number of carbonyl (C=O) groups excluding carboxylic acids is 1. The summed E-state index contributed by atoms with van der Waals surface area (Å²) < 4.78 is 39.2. The van der Waals surface area contributed by atoms with E-state index in [1.165, 1.54) is 16.7 Å². The Balaban J connectivity index is 0.000000975. The largest absolute Gasteiger partial charge is 1.00 e. The van der Waals surface area contributed by atoms with Gasteiger partial charge in [0, 0.05) is 33.8 Å². The maximum atomic E-state index is 12.0. The normalized spacial score (nSPS) is 24.8. The predicted octanol–water partition coefficient (Wildman–Crippen LogP) is 11.5. The topological polar surface area (TPSA) is 133 Å². The number of Topliss-reactive ketones (excluding diaryl/α,β-unsaturated/α-hetero) is 1. The molecule has 5 atom stereocenters. The van der Waals surface area contributed by atoms with Crippen LogP contribution < -0.4 is 54.0 Å². The second-order valence-corrected chi connectivity index (χ2v) is 24.5. The van der Waals surface area contributed by atoms with Gasteiger partial charge in [0.2, 0.25) is 0 Å². The Bertz CT molecular complexity index is 2590. The molecule has 9 rings (SSSR count). The third kappa shape index (κ3) is 16.4. The van der Waals surface area contributed by atoms with Gasteiger partial charge >= 0.3 is 36.7 Å². The van der Waals surface area contributed by atoms with E-state index in [4.69, 9.17) is 28.3 Å². The number of aliphatic hydroxyl groups is 3. The minimum absolute atomic E-state index is 0. The molecule has 3 radical (unpaired) electrons. The van der Waals surface area contributed by atoms with Gasteiger partial charge in [-0.25, -0.2) is 0 Å². The number of halogens is 3. The first kappa shape index (κ1) is 71.1. The summed E-state index contributed by atoms with van der Waals surface area (Å²) in [6, 6.07) is 16.1. The molecule has 5 heterocycles. The van der Waals surface area contributed by atoms with E-state index in [2.05, 4.69) is 108 Å². The van der Waals surface area contributed by atoms with Crippen molar-refractivity contribution >= 4 is 74.6 Å². The van der Waals surface area contributed by atoms with Crippen LogP contribution in [0.25, 0.3) is 0 Å². The van der Waals surface area contributed by atoms with E-state index in [9.17, 15) is 20.1 Å². The van der Waals surface area contributed by atoms with Crippen molar-refractivity contribution in [3.05, 3.63) is 106 Å². The number of carbonyl (C=O) groups is 1. The molecule has 3 N–H and O–H groups in total. The maximum absolute atomic E-state index is 12.0. The van der Waals surface area contributed by atoms with Crippen molar-refractivity contribution in [1.82, 2.24) is 0 Å². The second kappa shape index (κ2) is 27.5. The number of aryl methyl sites for hydroxylation is 6. The number of fused-ring (bicyclic) bond motifs is 4. The summed E-state index contributed by atoms with van der Waals surface area (Å²) >= 11 is 10.4. The first-order valence-corrected chi connectivity index (χ1v) is 27.0. The van der Waals surface area contributed by atoms with E-state index < -0.39 is 24.4 Å². The van der Waals surface area contributed by atoms with Gasteiger partial charge in [-0.2, -0.15) is 0 Å². The SMILES string of the molecule is C.C.C.CCC1(C)CC(=O)c2cc(C)c(Br)cc2O1.CCC1(C)CC(O)c2cc(C)c(Br)cc2O1.Cc1cc2c(cc1B1OC(C)(C)C(C)(C)O1)OC(C)(CO)CC2.Cc1cc2c(cc1Br)OC(C)(CO)CC2.[B].[H-].[Na+]. The van der Waals surface area contributed by atoms with E-state index >= 15 is 0 Å². The zero-order valence-electron chi connectivity index (χ0n) is 46.3. The van der Waals surface area contributed by atoms with Crippen molar-refractivity contribution < 1.29 is 79.4 Å². The van der Waals surface area contributed by atoms with Crippen LogP contribution in [-0.2, 0) is 22.2 Å². The summed E-state index contributed by atoms with van der Waals surface area (Å²) in [6.45, 7) is 28.5. The molecule has 4 aromatic rings. The van der Waals surface area contributed by atoms with Crippen LogP contribution >= 0.6 is 47.8 Å². The fraction of sp³-hybridized carbons (Fsp3) is 0.576. The molecule has 0 saturated carbocycles. The van der Waals surface area contributed by atoms with Gasteiger partial charge in [0.1, 0.15) is 45.4 Å². The molecule has 1 saturated heterocycles. The zero-order valence-corrected chi connectivity index (χ0v) is 52.0. The first-order chi connectivity index (χ1) is 32.5. The molecule has 0 amide bonds. The van der Waals surface area contributed by atoms with Crippen molar-refractivity contribution in [2.24, 2.45) is 0 Å². The van der Waals surface area contributed by atoms with Crippen LogP contribution in [0, 0.1) is 27.7 Å². The number of benzene rings is 4. The number of hydrogen-bond acceptors (Lipinski definition) is 10. The molecule has 5 aliphatic rings. The Morgan fingerprint density at radius 1 is 0.587 bits per heavy atom. The van der Waals surface area contributed by atoms with Gasteiger partial charge in [-0.15, -0.1) is 0 Å². The Labute approximate surface area is 502 Å². The summed E-state index contributed by atoms with van der Waals surface area (Å²) in [5, 5.41) is 29.0. The van der Waals surface area contributed by atoms with Gasteiger partial charge in [-0.05, 0) is 191 Å². The van der Waals surface area contributed by atoms with E-state index in [1.807, 2.05) is 84.9 Å². The summed E-state index contributed by atoms with van der Waals surface area (Å²) in [4.78, 5) is 12.0. The Kier molecular flexibility index (Phi) is 26.1. The predicted molar refractivity (Wildman–Crippen MR) is 317 cm³/mol. The number of aliphatic hydroxyl groups excluding tert-OH is 3. The van der Waals surface area contributed by atoms with Crippen molar-refractivity contribution in [2.45, 2.75) is 210 Å². The smallest absolute Gasteiger partial charge is 1.00 e. The summed E-state index contributed by atoms with van der Waals surface area (Å²) in [7, 11) is -0.392. The van der Waals surface area contributed by atoms with Crippen LogP contribution in [0.5, 0.6) is 23.0 Å². The molecular formula is C59H87B2Br3NaO10. The maximum Gasteiger partial charge on any atom is 1.00 e. The molecule has 75 heavy (non-hydrogen) atoms. The second-order valence-electron chi connectivity index (χ2n) is 21.9. The number of ketones is 1. The fourth-order valence-corrected chi connectivity index (χ4v) is 9.89. The van der Waals surface area contributed by atoms with Crippen LogP contribution in [0.1, 0.15) is 187 Å². The van der Waals surface area contributed by atoms with E-state index in [1.54, 1.807) is 0 Å². The molecule has 0 aliphatic carbocycles. The molecule has 0 aromatic heterocycles. The summed E-state index contributed by atoms with van der Waals surface area (Å²) in [5.74, 6) is 3.43. The van der Waals surface area contributed by atoms with E-state index in [-0.39, 0.29) is 103 Å². The molecule has 5 unspecified atom stereocenters. The molecule has 16 heteroatoms. The molecule has 1 fully saturated rings. The molecule has 0 bridgehead atoms. The van der Waals surface area contributed by atoms with Gasteiger partial charge in [-0.1, -0.05) is 102 Å². The fourth-order valence-electron chi connectivity index (χ4n) is 8.92. The van der Waals surface area contributed by atoms with Gasteiger partial charge in [0.25, 0.3) is 0 Å². The summed E-state index contributed by atoms with van der Waals surface area (Å²) in [5.41, 5.74) is 7.39. The molecular weight excluding hydrogens is 1150 g/mol. The van der Waals surface area contributed by atoms with Gasteiger partial charge < -0.3 is 45.0 Å². The standard InChI is InChI=1S/C18H27BO4.C13H17BrO2.C13H15BrO2.C12H15BrO2.3CH4.B.Na.H/c1-12-9-13-7-8-18(6,11-20)21-15(13)10-14(12)19-22-16(2,3)17(4,5)23-19;2*1-4-13(3)7-11(15)9-5-8(2)10(14)6-12(9)16-13;1-8-5-9-3-4-12(2,7-14)15-11(9)6-10(8)13;;;;;;/h9-10,20H,7-8,11H2,1-6H3;5-6,11,15H,4,7H2,1-3H3;5-6H,4,7H2,1-3H3;5-6,14H,3-4,7H2,1-2H3;3*1H4;;;/q;;;;;;;;+1;-1. The first-order valence-electron chi connectivity index (χ1n) is 24.6. The average molecular weight is 1240 g/mol. The average Bonchev–Trinajstić information content (AvgIpc) is 3.51. The van der Waals surface area contributed by atoms with Crippen LogP contribution in [0.15, 0.2) is 61.9 Å². The van der Waals surface area contributed by atoms with Gasteiger partial charge in [-0.3, -0.25) is 4.79 Å². The van der Waals surface area contributed by atoms with E-state index in [0.29, 0.717) is 24.2 Å². The number of ether oxygens (including phenoxy) is 4. The molecule has 5 aliphatic heterocycles. The minimum Gasteiger partial charge on any atom is -1.00 e. The van der Waals surface area contributed by atoms with Crippen LogP contribution in [0.2, 0.25) is 0 Å². The van der Waals surface area contributed by atoms with Crippen molar-refractivity contribution in [3.8, 4) is 23.0 Å². The Morgan fingerprint density at radius 2 is 0.987 bits per heavy atom. The van der Waals surface area contributed by atoms with E-state index in [0.717, 1.165) is 96.9 Å². The number of hydrogen-bond donors (Lipinski definition) is 3. The van der Waals surface area contributed by atoms with Crippen molar-refractivity contribution in [3.63, 3.8) is 0 Å². The quantitative estimate of drug-likeness (QED) is 0.166. The molecule has 10 nitrogen and oxygen atoms in total. The van der Waals surface area contributed by atoms with Gasteiger partial charge in [0.15, 0.2) is 5.78 Å². The van der Waals surface area contributed by atoms with Crippen molar-refractivity contribution in [1.29, 1.82) is 0 Å². The van der Waals surface area contributed by atoms with Crippen LogP contribution in [0.4, 0.5) is 0 Å².